The summed E-state index contributed by atoms with van der Waals surface area (Å²) in [7, 11) is 0. The summed E-state index contributed by atoms with van der Waals surface area (Å²) in [6.07, 6.45) is 7.69. The molecule has 1 aromatic heterocycles. The lowest BCUT2D eigenvalue weighted by Gasteiger charge is -2.26. The van der Waals surface area contributed by atoms with Gasteiger partial charge in [0.1, 0.15) is 27.6 Å². The lowest BCUT2D eigenvalue weighted by molar-refractivity contribution is -0.115. The summed E-state index contributed by atoms with van der Waals surface area (Å²) in [6, 6.07) is 9.63. The molecule has 1 saturated carbocycles. The van der Waals surface area contributed by atoms with Crippen LogP contribution < -0.4 is 30.1 Å². The maximum absolute atomic E-state index is 12.9. The minimum atomic E-state index is -0.420. The highest BCUT2D eigenvalue weighted by atomic mass is 32.1. The van der Waals surface area contributed by atoms with Crippen molar-refractivity contribution in [2.75, 3.05) is 38.1 Å². The fourth-order valence-corrected chi connectivity index (χ4v) is 5.22. The van der Waals surface area contributed by atoms with E-state index in [2.05, 4.69) is 15.5 Å². The molecule has 2 heterocycles. The molecule has 0 radical (unpaired) electrons. The number of piperidine rings is 1. The first kappa shape index (κ1) is 25.0. The second kappa shape index (κ2) is 12.0. The molecule has 4 rings (SSSR count). The van der Waals surface area contributed by atoms with Gasteiger partial charge in [-0.1, -0.05) is 12.5 Å². The number of likely N-dealkylation sites (tertiary alicyclic amines) is 1. The number of aromatic nitrogens is 1. The van der Waals surface area contributed by atoms with Gasteiger partial charge in [-0.15, -0.1) is 11.3 Å². The van der Waals surface area contributed by atoms with Gasteiger partial charge in [0.05, 0.1) is 0 Å². The number of carbonyl (C=O) groups is 1. The highest BCUT2D eigenvalue weighted by Gasteiger charge is 2.23. The van der Waals surface area contributed by atoms with Crippen molar-refractivity contribution in [3.63, 3.8) is 0 Å². The molecular weight excluding hydrogens is 462 g/mol. The Morgan fingerprint density at radius 1 is 1.29 bits per heavy atom. The van der Waals surface area contributed by atoms with Crippen LogP contribution in [0.2, 0.25) is 0 Å². The number of anilines is 1. The summed E-state index contributed by atoms with van der Waals surface area (Å²) >= 11 is 1.15. The molecule has 1 amide bonds. The molecular formula is C26H33N5O3S. The first-order valence-electron chi connectivity index (χ1n) is 12.4. The molecule has 0 spiro atoms. The van der Waals surface area contributed by atoms with E-state index in [1.807, 2.05) is 37.3 Å². The average Bonchev–Trinajstić information content (AvgIpc) is 3.66. The summed E-state index contributed by atoms with van der Waals surface area (Å²) in [5, 5.41) is 15.6. The fraction of sp³-hybridized carbons (Fsp3) is 0.500. The SMILES string of the molecule is CCn1c(=C(C#N)C(=O)NCC2CC2)sc(=CNc2cccc(OCCN3CCCCC3)c2)c1=O. The van der Waals surface area contributed by atoms with E-state index < -0.39 is 5.91 Å². The highest BCUT2D eigenvalue weighted by Crippen LogP contribution is 2.27. The van der Waals surface area contributed by atoms with Crippen molar-refractivity contribution in [3.8, 4) is 11.8 Å². The van der Waals surface area contributed by atoms with Gasteiger partial charge in [-0.05, 0) is 63.7 Å². The van der Waals surface area contributed by atoms with Crippen LogP contribution in [0.3, 0.4) is 0 Å². The van der Waals surface area contributed by atoms with Gasteiger partial charge in [0.15, 0.2) is 5.57 Å². The van der Waals surface area contributed by atoms with Gasteiger partial charge in [-0.2, -0.15) is 5.26 Å². The Kier molecular flexibility index (Phi) is 8.61. The Morgan fingerprint density at radius 3 is 2.80 bits per heavy atom. The molecule has 0 atom stereocenters. The number of nitrogens with one attached hydrogen (secondary N) is 2. The van der Waals surface area contributed by atoms with Crippen LogP contribution in [0.25, 0.3) is 11.8 Å². The van der Waals surface area contributed by atoms with E-state index in [1.165, 1.54) is 23.8 Å². The Hall–Kier alpha value is -3.09. The molecule has 8 nitrogen and oxygen atoms in total. The summed E-state index contributed by atoms with van der Waals surface area (Å²) in [5.41, 5.74) is 0.555. The molecule has 9 heteroatoms. The van der Waals surface area contributed by atoms with Crippen LogP contribution in [0.15, 0.2) is 29.1 Å². The summed E-state index contributed by atoms with van der Waals surface area (Å²) in [4.78, 5) is 28.0. The Balaban J connectivity index is 1.47. The Bertz CT molecular complexity index is 1250. The largest absolute Gasteiger partial charge is 0.492 e. The van der Waals surface area contributed by atoms with Crippen molar-refractivity contribution < 1.29 is 9.53 Å². The third kappa shape index (κ3) is 6.74. The Morgan fingerprint density at radius 2 is 2.09 bits per heavy atom. The molecule has 0 bridgehead atoms. The maximum Gasteiger partial charge on any atom is 0.270 e. The lowest BCUT2D eigenvalue weighted by atomic mass is 10.1. The van der Waals surface area contributed by atoms with Gasteiger partial charge in [0.2, 0.25) is 0 Å². The number of nitriles is 1. The number of carbonyl (C=O) groups excluding carboxylic acids is 1. The number of thiazole rings is 1. The van der Waals surface area contributed by atoms with Gasteiger partial charge in [-0.25, -0.2) is 0 Å². The van der Waals surface area contributed by atoms with Crippen LogP contribution in [-0.4, -0.2) is 48.2 Å². The maximum atomic E-state index is 12.9. The molecule has 186 valence electrons. The van der Waals surface area contributed by atoms with E-state index in [9.17, 15) is 14.9 Å². The zero-order valence-electron chi connectivity index (χ0n) is 20.2. The topological polar surface area (TPSA) is 99.4 Å². The molecule has 2 N–H and O–H groups in total. The predicted octanol–water partition coefficient (Wildman–Crippen LogP) is 1.84. The van der Waals surface area contributed by atoms with Crippen LogP contribution >= 0.6 is 11.3 Å². The molecule has 1 saturated heterocycles. The van der Waals surface area contributed by atoms with Gasteiger partial charge in [0, 0.05) is 37.6 Å². The summed E-state index contributed by atoms with van der Waals surface area (Å²) in [5.74, 6) is 0.857. The molecule has 2 aliphatic rings. The van der Waals surface area contributed by atoms with E-state index in [0.717, 1.165) is 55.2 Å². The fourth-order valence-electron chi connectivity index (χ4n) is 4.14. The molecule has 2 aromatic rings. The first-order chi connectivity index (χ1) is 17.1. The quantitative estimate of drug-likeness (QED) is 0.522. The van der Waals surface area contributed by atoms with Crippen LogP contribution in [-0.2, 0) is 11.3 Å². The Labute approximate surface area is 209 Å². The molecule has 2 fully saturated rings. The number of nitrogens with zero attached hydrogens (tertiary/aromatic N) is 3. The van der Waals surface area contributed by atoms with Gasteiger partial charge < -0.3 is 15.4 Å². The summed E-state index contributed by atoms with van der Waals surface area (Å²) < 4.78 is 8.24. The predicted molar refractivity (Wildman–Crippen MR) is 139 cm³/mol. The number of amides is 1. The molecule has 1 aromatic carbocycles. The average molecular weight is 496 g/mol. The van der Waals surface area contributed by atoms with Crippen molar-refractivity contribution in [2.45, 2.75) is 45.6 Å². The van der Waals surface area contributed by atoms with Crippen LogP contribution in [0.1, 0.15) is 39.0 Å². The number of hydrogen-bond acceptors (Lipinski definition) is 7. The van der Waals surface area contributed by atoms with Crippen molar-refractivity contribution in [3.05, 3.63) is 43.8 Å². The van der Waals surface area contributed by atoms with Crippen molar-refractivity contribution in [1.29, 1.82) is 5.26 Å². The number of rotatable bonds is 10. The third-order valence-electron chi connectivity index (χ3n) is 6.35. The second-order valence-corrected chi connectivity index (χ2v) is 10.1. The zero-order chi connectivity index (χ0) is 24.6. The van der Waals surface area contributed by atoms with Crippen LogP contribution in [0.5, 0.6) is 5.75 Å². The number of hydrogen-bond donors (Lipinski definition) is 2. The zero-order valence-corrected chi connectivity index (χ0v) is 21.0. The standard InChI is InChI=1S/C26H33N5O3S/c1-2-31-25(33)23(35-26(31)22(16-27)24(32)29-17-19-9-10-19)18-28-20-7-6-8-21(15-20)34-14-13-30-11-4-3-5-12-30/h6-8,15,18-19,28H,2-5,9-14,17H2,1H3,(H,29,32). The lowest BCUT2D eigenvalue weighted by Crippen LogP contribution is -2.35. The van der Waals surface area contributed by atoms with Crippen LogP contribution in [0.4, 0.5) is 5.69 Å². The van der Waals surface area contributed by atoms with Gasteiger partial charge >= 0.3 is 0 Å². The molecule has 0 unspecified atom stereocenters. The number of ether oxygens (including phenoxy) is 1. The highest BCUT2D eigenvalue weighted by molar-refractivity contribution is 7.07. The third-order valence-corrected chi connectivity index (χ3v) is 7.48. The molecule has 35 heavy (non-hydrogen) atoms. The minimum absolute atomic E-state index is 0.0154. The number of benzene rings is 1. The van der Waals surface area contributed by atoms with E-state index in [4.69, 9.17) is 4.74 Å². The smallest absolute Gasteiger partial charge is 0.270 e. The second-order valence-electron chi connectivity index (χ2n) is 9.03. The van der Waals surface area contributed by atoms with E-state index >= 15 is 0 Å². The molecule has 1 aliphatic heterocycles. The molecule has 1 aliphatic carbocycles. The van der Waals surface area contributed by atoms with E-state index in [-0.39, 0.29) is 11.1 Å². The summed E-state index contributed by atoms with van der Waals surface area (Å²) in [6.45, 7) is 6.62. The van der Waals surface area contributed by atoms with E-state index in [0.29, 0.717) is 34.8 Å². The normalized spacial score (nSPS) is 17.5. The monoisotopic (exact) mass is 495 g/mol. The van der Waals surface area contributed by atoms with Crippen molar-refractivity contribution in [2.24, 2.45) is 5.92 Å². The van der Waals surface area contributed by atoms with Crippen molar-refractivity contribution >= 4 is 34.7 Å². The van der Waals surface area contributed by atoms with Gasteiger partial charge in [-0.3, -0.25) is 19.1 Å². The van der Waals surface area contributed by atoms with Gasteiger partial charge in [0.25, 0.3) is 11.5 Å². The van der Waals surface area contributed by atoms with Crippen molar-refractivity contribution in [1.82, 2.24) is 14.8 Å². The van der Waals surface area contributed by atoms with E-state index in [1.54, 1.807) is 6.20 Å². The first-order valence-corrected chi connectivity index (χ1v) is 13.2. The van der Waals surface area contributed by atoms with Crippen LogP contribution in [0, 0.1) is 17.2 Å². The minimum Gasteiger partial charge on any atom is -0.492 e.